The van der Waals surface area contributed by atoms with E-state index in [4.69, 9.17) is 5.73 Å². The molecule has 1 aliphatic heterocycles. The Bertz CT molecular complexity index is 749. The van der Waals surface area contributed by atoms with Crippen molar-refractivity contribution >= 4 is 18.3 Å². The summed E-state index contributed by atoms with van der Waals surface area (Å²) in [6.07, 6.45) is 4.06. The van der Waals surface area contributed by atoms with E-state index in [2.05, 4.69) is 36.4 Å². The fourth-order valence-electron chi connectivity index (χ4n) is 4.49. The topological polar surface area (TPSA) is 46.3 Å². The van der Waals surface area contributed by atoms with Crippen molar-refractivity contribution in [2.75, 3.05) is 13.1 Å². The van der Waals surface area contributed by atoms with Gasteiger partial charge in [-0.05, 0) is 41.9 Å². The van der Waals surface area contributed by atoms with Crippen molar-refractivity contribution in [3.8, 4) is 0 Å². The Labute approximate surface area is 162 Å². The second-order valence-electron chi connectivity index (χ2n) is 7.47. The first-order valence-electron chi connectivity index (χ1n) is 9.38. The summed E-state index contributed by atoms with van der Waals surface area (Å²) in [4.78, 5) is 14.9. The number of halogens is 1. The normalized spacial score (nSPS) is 24.7. The lowest BCUT2D eigenvalue weighted by molar-refractivity contribution is -0.130. The summed E-state index contributed by atoms with van der Waals surface area (Å²) < 4.78 is 0. The van der Waals surface area contributed by atoms with E-state index in [1.807, 2.05) is 23.1 Å². The zero-order valence-electron chi connectivity index (χ0n) is 15.0. The van der Waals surface area contributed by atoms with E-state index < -0.39 is 0 Å². The molecule has 0 spiro atoms. The van der Waals surface area contributed by atoms with Crippen LogP contribution in [0.15, 0.2) is 54.6 Å². The molecule has 2 N–H and O–H groups in total. The summed E-state index contributed by atoms with van der Waals surface area (Å²) in [5, 5.41) is 0. The van der Waals surface area contributed by atoms with Crippen LogP contribution in [0.2, 0.25) is 0 Å². The minimum absolute atomic E-state index is 0. The standard InChI is InChI=1S/C22H26N2O.ClH/c23-21-15-24(14-20(21)17-7-2-1-3-8-17)22(25)13-18-11-6-10-16-9-4-5-12-19(16)18;/h1-5,7-9,12,18,20-21H,6,10-11,13-15,23H2;1H/t18?,20-,21+;/m0./s1. The summed E-state index contributed by atoms with van der Waals surface area (Å²) in [5.74, 6) is 0.879. The number of nitrogens with two attached hydrogens (primary N) is 1. The summed E-state index contributed by atoms with van der Waals surface area (Å²) in [6.45, 7) is 1.42. The van der Waals surface area contributed by atoms with Gasteiger partial charge in [0.1, 0.15) is 0 Å². The van der Waals surface area contributed by atoms with Crippen LogP contribution < -0.4 is 5.73 Å². The predicted molar refractivity (Wildman–Crippen MR) is 108 cm³/mol. The van der Waals surface area contributed by atoms with Crippen LogP contribution in [0.4, 0.5) is 0 Å². The summed E-state index contributed by atoms with van der Waals surface area (Å²) in [7, 11) is 0. The van der Waals surface area contributed by atoms with E-state index in [1.165, 1.54) is 23.1 Å². The Kier molecular flexibility index (Phi) is 6.00. The molecule has 1 heterocycles. The Morgan fingerprint density at radius 2 is 1.77 bits per heavy atom. The lowest BCUT2D eigenvalue weighted by Crippen LogP contribution is -2.33. The molecule has 3 atom stereocenters. The first-order valence-corrected chi connectivity index (χ1v) is 9.38. The van der Waals surface area contributed by atoms with Crippen LogP contribution in [0.5, 0.6) is 0 Å². The van der Waals surface area contributed by atoms with Gasteiger partial charge in [-0.1, -0.05) is 54.6 Å². The van der Waals surface area contributed by atoms with Gasteiger partial charge < -0.3 is 10.6 Å². The number of benzene rings is 2. The van der Waals surface area contributed by atoms with Crippen LogP contribution in [-0.4, -0.2) is 29.9 Å². The van der Waals surface area contributed by atoms with E-state index in [1.54, 1.807) is 0 Å². The smallest absolute Gasteiger partial charge is 0.223 e. The highest BCUT2D eigenvalue weighted by Crippen LogP contribution is 2.35. The average Bonchev–Trinajstić information content (AvgIpc) is 3.05. The number of hydrogen-bond donors (Lipinski definition) is 1. The first kappa shape index (κ1) is 18.9. The Balaban J connectivity index is 0.00000196. The third-order valence-corrected chi connectivity index (χ3v) is 5.86. The van der Waals surface area contributed by atoms with Crippen molar-refractivity contribution in [2.45, 2.75) is 43.6 Å². The molecule has 1 unspecified atom stereocenters. The number of carbonyl (C=O) groups is 1. The Morgan fingerprint density at radius 3 is 2.58 bits per heavy atom. The van der Waals surface area contributed by atoms with Crippen LogP contribution in [0.1, 0.15) is 47.8 Å². The number of rotatable bonds is 3. The third-order valence-electron chi connectivity index (χ3n) is 5.86. The van der Waals surface area contributed by atoms with E-state index in [0.717, 1.165) is 19.4 Å². The predicted octanol–water partition coefficient (Wildman–Crippen LogP) is 3.87. The highest BCUT2D eigenvalue weighted by Gasteiger charge is 2.35. The largest absolute Gasteiger partial charge is 0.340 e. The monoisotopic (exact) mass is 370 g/mol. The van der Waals surface area contributed by atoms with E-state index in [-0.39, 0.29) is 30.3 Å². The molecule has 1 saturated heterocycles. The van der Waals surface area contributed by atoms with E-state index >= 15 is 0 Å². The van der Waals surface area contributed by atoms with Crippen LogP contribution >= 0.6 is 12.4 Å². The van der Waals surface area contributed by atoms with Crippen LogP contribution in [0, 0.1) is 0 Å². The van der Waals surface area contributed by atoms with Gasteiger partial charge in [-0.3, -0.25) is 4.79 Å². The van der Waals surface area contributed by atoms with Crippen molar-refractivity contribution in [3.63, 3.8) is 0 Å². The lowest BCUT2D eigenvalue weighted by atomic mass is 9.81. The number of aryl methyl sites for hydroxylation is 1. The van der Waals surface area contributed by atoms with E-state index in [0.29, 0.717) is 18.9 Å². The molecule has 2 aliphatic rings. The number of fused-ring (bicyclic) bond motifs is 1. The highest BCUT2D eigenvalue weighted by molar-refractivity contribution is 5.85. The third kappa shape index (κ3) is 3.79. The molecular formula is C22H27ClN2O. The summed E-state index contributed by atoms with van der Waals surface area (Å²) in [5.41, 5.74) is 10.4. The van der Waals surface area contributed by atoms with E-state index in [9.17, 15) is 4.79 Å². The average molecular weight is 371 g/mol. The summed E-state index contributed by atoms with van der Waals surface area (Å²) >= 11 is 0. The van der Waals surface area contributed by atoms with Gasteiger partial charge in [-0.2, -0.15) is 0 Å². The molecule has 3 nitrogen and oxygen atoms in total. The maximum absolute atomic E-state index is 12.9. The molecule has 0 radical (unpaired) electrons. The molecule has 0 bridgehead atoms. The quantitative estimate of drug-likeness (QED) is 0.891. The Morgan fingerprint density at radius 1 is 1.04 bits per heavy atom. The Hall–Kier alpha value is -1.84. The van der Waals surface area contributed by atoms with Gasteiger partial charge >= 0.3 is 0 Å². The molecule has 1 amide bonds. The second-order valence-corrected chi connectivity index (χ2v) is 7.47. The minimum atomic E-state index is 0. The molecular weight excluding hydrogens is 344 g/mol. The maximum Gasteiger partial charge on any atom is 0.223 e. The fourth-order valence-corrected chi connectivity index (χ4v) is 4.49. The van der Waals surface area contributed by atoms with Crippen molar-refractivity contribution in [2.24, 2.45) is 5.73 Å². The molecule has 1 fully saturated rings. The molecule has 26 heavy (non-hydrogen) atoms. The van der Waals surface area contributed by atoms with Crippen molar-refractivity contribution in [1.82, 2.24) is 4.90 Å². The molecule has 0 aromatic heterocycles. The zero-order valence-corrected chi connectivity index (χ0v) is 15.8. The van der Waals surface area contributed by atoms with Gasteiger partial charge in [0.2, 0.25) is 5.91 Å². The lowest BCUT2D eigenvalue weighted by Gasteiger charge is -2.27. The van der Waals surface area contributed by atoms with Crippen molar-refractivity contribution in [3.05, 3.63) is 71.3 Å². The van der Waals surface area contributed by atoms with Gasteiger partial charge in [0.05, 0.1) is 0 Å². The van der Waals surface area contributed by atoms with Crippen molar-refractivity contribution in [1.29, 1.82) is 0 Å². The number of amides is 1. The molecule has 4 rings (SSSR count). The van der Waals surface area contributed by atoms with Gasteiger partial charge in [-0.15, -0.1) is 12.4 Å². The molecule has 4 heteroatoms. The SMILES string of the molecule is Cl.N[C@@H]1CN(C(=O)CC2CCCc3ccccc32)C[C@H]1c1ccccc1. The molecule has 138 valence electrons. The minimum Gasteiger partial charge on any atom is -0.340 e. The second kappa shape index (κ2) is 8.24. The number of carbonyl (C=O) groups excluding carboxylic acids is 1. The molecule has 1 aliphatic carbocycles. The molecule has 2 aromatic carbocycles. The number of nitrogens with zero attached hydrogens (tertiary/aromatic N) is 1. The first-order chi connectivity index (χ1) is 12.2. The van der Waals surface area contributed by atoms with Gasteiger partial charge in [0, 0.05) is 31.5 Å². The zero-order chi connectivity index (χ0) is 17.2. The number of hydrogen-bond acceptors (Lipinski definition) is 2. The van der Waals surface area contributed by atoms with Gasteiger partial charge in [0.25, 0.3) is 0 Å². The van der Waals surface area contributed by atoms with Crippen LogP contribution in [0.25, 0.3) is 0 Å². The van der Waals surface area contributed by atoms with Gasteiger partial charge in [0.15, 0.2) is 0 Å². The van der Waals surface area contributed by atoms with Crippen LogP contribution in [0.3, 0.4) is 0 Å². The maximum atomic E-state index is 12.9. The summed E-state index contributed by atoms with van der Waals surface area (Å²) in [6, 6.07) is 19.0. The fraction of sp³-hybridized carbons (Fsp3) is 0.409. The molecule has 2 aromatic rings. The molecule has 0 saturated carbocycles. The highest BCUT2D eigenvalue weighted by atomic mass is 35.5. The van der Waals surface area contributed by atoms with Gasteiger partial charge in [-0.25, -0.2) is 0 Å². The van der Waals surface area contributed by atoms with Crippen LogP contribution in [-0.2, 0) is 11.2 Å². The van der Waals surface area contributed by atoms with Crippen molar-refractivity contribution < 1.29 is 4.79 Å². The number of likely N-dealkylation sites (tertiary alicyclic amines) is 1.